The topological polar surface area (TPSA) is 41.6 Å². The minimum absolute atomic E-state index is 0.139. The van der Waals surface area contributed by atoms with Crippen molar-refractivity contribution >= 4 is 12.2 Å². The molecule has 2 unspecified atom stereocenters. The molecule has 1 heterocycles. The van der Waals surface area contributed by atoms with Gasteiger partial charge in [0, 0.05) is 25.2 Å². The summed E-state index contributed by atoms with van der Waals surface area (Å²) >= 11 is 0. The zero-order valence-corrected chi connectivity index (χ0v) is 17.2. The third-order valence-electron chi connectivity index (χ3n) is 5.55. The van der Waals surface area contributed by atoms with Gasteiger partial charge in [-0.1, -0.05) is 48.4 Å². The van der Waals surface area contributed by atoms with E-state index in [9.17, 15) is 4.79 Å². The van der Waals surface area contributed by atoms with E-state index in [4.69, 9.17) is 4.74 Å². The van der Waals surface area contributed by atoms with Crippen LogP contribution in [0.5, 0.6) is 0 Å². The predicted molar refractivity (Wildman–Crippen MR) is 111 cm³/mol. The number of fused-ring (bicyclic) bond motifs is 1. The van der Waals surface area contributed by atoms with E-state index in [0.717, 1.165) is 25.9 Å². The number of amides is 1. The van der Waals surface area contributed by atoms with Gasteiger partial charge in [0.25, 0.3) is 0 Å². The van der Waals surface area contributed by atoms with E-state index in [-0.39, 0.29) is 12.1 Å². The number of nitrogens with zero attached hydrogens (tertiary/aromatic N) is 1. The van der Waals surface area contributed by atoms with Crippen LogP contribution in [0.3, 0.4) is 0 Å². The van der Waals surface area contributed by atoms with Crippen LogP contribution in [-0.2, 0) is 4.74 Å². The van der Waals surface area contributed by atoms with E-state index in [2.05, 4.69) is 42.6 Å². The van der Waals surface area contributed by atoms with Crippen molar-refractivity contribution in [2.24, 2.45) is 5.92 Å². The fourth-order valence-electron chi connectivity index (χ4n) is 4.49. The molecule has 3 rings (SSSR count). The van der Waals surface area contributed by atoms with Crippen molar-refractivity contribution in [2.45, 2.75) is 71.1 Å². The molecule has 0 aromatic heterocycles. The van der Waals surface area contributed by atoms with E-state index in [1.165, 1.54) is 24.0 Å². The van der Waals surface area contributed by atoms with Gasteiger partial charge in [0.05, 0.1) is 0 Å². The third-order valence-corrected chi connectivity index (χ3v) is 5.55. The molecule has 2 fully saturated rings. The first-order valence-corrected chi connectivity index (χ1v) is 10.3. The van der Waals surface area contributed by atoms with Crippen LogP contribution in [0.4, 0.5) is 4.79 Å². The van der Waals surface area contributed by atoms with Crippen molar-refractivity contribution in [1.29, 1.82) is 0 Å². The van der Waals surface area contributed by atoms with Crippen molar-refractivity contribution in [2.75, 3.05) is 13.1 Å². The summed E-state index contributed by atoms with van der Waals surface area (Å²) in [6.45, 7) is 9.64. The Morgan fingerprint density at radius 1 is 1.26 bits per heavy atom. The van der Waals surface area contributed by atoms with Crippen LogP contribution < -0.4 is 5.32 Å². The second-order valence-corrected chi connectivity index (χ2v) is 9.07. The lowest BCUT2D eigenvalue weighted by Gasteiger charge is -2.32. The molecule has 1 amide bonds. The highest BCUT2D eigenvalue weighted by Gasteiger charge is 2.46. The van der Waals surface area contributed by atoms with Crippen LogP contribution in [0, 0.1) is 5.92 Å². The fourth-order valence-corrected chi connectivity index (χ4v) is 4.49. The molecule has 1 saturated carbocycles. The molecule has 1 aliphatic carbocycles. The highest BCUT2D eigenvalue weighted by atomic mass is 16.6. The molecule has 0 radical (unpaired) electrons. The molecule has 1 aromatic rings. The number of likely N-dealkylation sites (tertiary alicyclic amines) is 1. The lowest BCUT2D eigenvalue weighted by Crippen LogP contribution is -2.47. The molecule has 27 heavy (non-hydrogen) atoms. The summed E-state index contributed by atoms with van der Waals surface area (Å²) in [5, 5.41) is 3.57. The first-order valence-electron chi connectivity index (χ1n) is 10.3. The van der Waals surface area contributed by atoms with E-state index < -0.39 is 5.60 Å². The Bertz CT molecular complexity index is 663. The van der Waals surface area contributed by atoms with Gasteiger partial charge in [-0.3, -0.25) is 0 Å². The number of carbonyl (C=O) groups excluding carboxylic acids is 1. The summed E-state index contributed by atoms with van der Waals surface area (Å²) < 4.78 is 5.71. The number of ether oxygens (including phenoxy) is 1. The number of rotatable bonds is 5. The standard InChI is InChI=1S/C23H34N2O2/c1-17(13-18-9-6-5-7-10-18)15-24-16-20-14-19-11-8-12-21(19)25(20)22(26)27-23(2,3)4/h5-7,9-10,13,19-21,24H,8,11-12,14-16H2,1-4H3/t19?,20-,21?/m0/s1. The maximum Gasteiger partial charge on any atom is 0.410 e. The normalized spacial score (nSPS) is 25.6. The highest BCUT2D eigenvalue weighted by Crippen LogP contribution is 2.41. The lowest BCUT2D eigenvalue weighted by molar-refractivity contribution is 0.0140. The minimum Gasteiger partial charge on any atom is -0.444 e. The van der Waals surface area contributed by atoms with Crippen molar-refractivity contribution in [3.8, 4) is 0 Å². The van der Waals surface area contributed by atoms with Gasteiger partial charge < -0.3 is 15.0 Å². The summed E-state index contributed by atoms with van der Waals surface area (Å²) in [5.41, 5.74) is 2.08. The summed E-state index contributed by atoms with van der Waals surface area (Å²) in [4.78, 5) is 14.9. The van der Waals surface area contributed by atoms with Crippen LogP contribution in [-0.4, -0.2) is 41.8 Å². The van der Waals surface area contributed by atoms with Gasteiger partial charge in [0.15, 0.2) is 0 Å². The van der Waals surface area contributed by atoms with E-state index in [1.54, 1.807) is 0 Å². The quantitative estimate of drug-likeness (QED) is 0.805. The Labute approximate surface area is 164 Å². The molecule has 1 N–H and O–H groups in total. The smallest absolute Gasteiger partial charge is 0.410 e. The predicted octanol–water partition coefficient (Wildman–Crippen LogP) is 4.86. The van der Waals surface area contributed by atoms with Crippen LogP contribution in [0.2, 0.25) is 0 Å². The number of hydrogen-bond acceptors (Lipinski definition) is 3. The van der Waals surface area contributed by atoms with Crippen molar-refractivity contribution in [3.05, 3.63) is 41.5 Å². The first-order chi connectivity index (χ1) is 12.8. The molecule has 1 aromatic carbocycles. The summed E-state index contributed by atoms with van der Waals surface area (Å²) in [7, 11) is 0. The molecule has 4 nitrogen and oxygen atoms in total. The van der Waals surface area contributed by atoms with Gasteiger partial charge in [-0.15, -0.1) is 0 Å². The maximum atomic E-state index is 12.8. The zero-order valence-electron chi connectivity index (χ0n) is 17.2. The average molecular weight is 371 g/mol. The Balaban J connectivity index is 1.57. The zero-order chi connectivity index (χ0) is 19.4. The van der Waals surface area contributed by atoms with Crippen LogP contribution in [0.25, 0.3) is 6.08 Å². The van der Waals surface area contributed by atoms with Crippen LogP contribution in [0.1, 0.15) is 58.9 Å². The number of benzene rings is 1. The highest BCUT2D eigenvalue weighted by molar-refractivity contribution is 5.69. The van der Waals surface area contributed by atoms with Crippen molar-refractivity contribution in [1.82, 2.24) is 10.2 Å². The molecular formula is C23H34N2O2. The molecule has 0 spiro atoms. The number of hydrogen-bond donors (Lipinski definition) is 1. The fraction of sp³-hybridized carbons (Fsp3) is 0.609. The largest absolute Gasteiger partial charge is 0.444 e. The monoisotopic (exact) mass is 370 g/mol. The maximum absolute atomic E-state index is 12.8. The summed E-state index contributed by atoms with van der Waals surface area (Å²) in [6, 6.07) is 11.0. The Kier molecular flexibility index (Phi) is 6.25. The Hall–Kier alpha value is -1.81. The second kappa shape index (κ2) is 8.47. The molecule has 1 aliphatic heterocycles. The number of nitrogens with one attached hydrogen (secondary N) is 1. The average Bonchev–Trinajstić information content (AvgIpc) is 3.14. The van der Waals surface area contributed by atoms with Gasteiger partial charge in [-0.25, -0.2) is 4.79 Å². The molecule has 4 heteroatoms. The second-order valence-electron chi connectivity index (χ2n) is 9.07. The van der Waals surface area contributed by atoms with E-state index >= 15 is 0 Å². The Morgan fingerprint density at radius 2 is 2.00 bits per heavy atom. The van der Waals surface area contributed by atoms with Crippen LogP contribution >= 0.6 is 0 Å². The minimum atomic E-state index is -0.444. The summed E-state index contributed by atoms with van der Waals surface area (Å²) in [6.07, 6.45) is 6.76. The van der Waals surface area contributed by atoms with Gasteiger partial charge in [-0.05, 0) is 58.4 Å². The van der Waals surface area contributed by atoms with Gasteiger partial charge in [-0.2, -0.15) is 0 Å². The summed E-state index contributed by atoms with van der Waals surface area (Å²) in [5.74, 6) is 0.644. The first kappa shape index (κ1) is 19.9. The van der Waals surface area contributed by atoms with Crippen LogP contribution in [0.15, 0.2) is 35.9 Å². The lowest BCUT2D eigenvalue weighted by atomic mass is 10.0. The van der Waals surface area contributed by atoms with Gasteiger partial charge in [0.1, 0.15) is 5.60 Å². The molecule has 3 atom stereocenters. The SMILES string of the molecule is CC(=Cc1ccccc1)CNC[C@@H]1CC2CCCC2N1C(=O)OC(C)(C)C. The van der Waals surface area contributed by atoms with Crippen molar-refractivity contribution in [3.63, 3.8) is 0 Å². The van der Waals surface area contributed by atoms with Gasteiger partial charge >= 0.3 is 6.09 Å². The van der Waals surface area contributed by atoms with Crippen molar-refractivity contribution < 1.29 is 9.53 Å². The van der Waals surface area contributed by atoms with E-state index in [0.29, 0.717) is 12.0 Å². The molecular weight excluding hydrogens is 336 g/mol. The van der Waals surface area contributed by atoms with Gasteiger partial charge in [0.2, 0.25) is 0 Å². The molecule has 0 bridgehead atoms. The molecule has 2 aliphatic rings. The number of carbonyl (C=O) groups is 1. The molecule has 148 valence electrons. The van der Waals surface area contributed by atoms with E-state index in [1.807, 2.05) is 31.7 Å². The Morgan fingerprint density at radius 3 is 2.70 bits per heavy atom. The third kappa shape index (κ3) is 5.35. The molecule has 1 saturated heterocycles.